The monoisotopic (exact) mass is 390 g/mol. The van der Waals surface area contributed by atoms with Crippen LogP contribution < -0.4 is 10.6 Å². The topological polar surface area (TPSA) is 89.9 Å². The van der Waals surface area contributed by atoms with Crippen LogP contribution in [0.4, 0.5) is 15.0 Å². The van der Waals surface area contributed by atoms with Crippen molar-refractivity contribution >= 4 is 23.0 Å². The average molecular weight is 390 g/mol. The van der Waals surface area contributed by atoms with Gasteiger partial charge in [0.15, 0.2) is 22.8 Å². The Balaban J connectivity index is 1.91. The van der Waals surface area contributed by atoms with Crippen molar-refractivity contribution in [2.24, 2.45) is 12.8 Å². The van der Waals surface area contributed by atoms with Gasteiger partial charge < -0.3 is 10.3 Å². The van der Waals surface area contributed by atoms with Gasteiger partial charge in [-0.2, -0.15) is 0 Å². The standard InChI is InChI=1S/C21H19FN6O/c1-13-10-15(22)8-9-16(13)18-25-19-17(24-12-27(19)2)20(26-18)28(21(23)29)11-14-6-4-3-5-7-14/h3-10,12H,11H2,1-2H3,(H2,23,29). The van der Waals surface area contributed by atoms with Gasteiger partial charge in [-0.05, 0) is 36.2 Å². The van der Waals surface area contributed by atoms with Gasteiger partial charge in [0, 0.05) is 12.6 Å². The van der Waals surface area contributed by atoms with E-state index < -0.39 is 6.03 Å². The molecule has 0 saturated heterocycles. The summed E-state index contributed by atoms with van der Waals surface area (Å²) in [4.78, 5) is 27.3. The van der Waals surface area contributed by atoms with E-state index in [1.165, 1.54) is 17.0 Å². The van der Waals surface area contributed by atoms with Crippen LogP contribution in [0.3, 0.4) is 0 Å². The van der Waals surface area contributed by atoms with Gasteiger partial charge in [0.25, 0.3) is 0 Å². The van der Waals surface area contributed by atoms with E-state index in [0.717, 1.165) is 5.56 Å². The third-order valence-electron chi connectivity index (χ3n) is 4.68. The minimum atomic E-state index is -0.652. The van der Waals surface area contributed by atoms with Crippen LogP contribution in [0, 0.1) is 12.7 Å². The average Bonchev–Trinajstić information content (AvgIpc) is 3.07. The number of fused-ring (bicyclic) bond motifs is 1. The summed E-state index contributed by atoms with van der Waals surface area (Å²) >= 11 is 0. The lowest BCUT2D eigenvalue weighted by Gasteiger charge is -2.20. The Kier molecular flexibility index (Phi) is 4.67. The number of hydrogen-bond acceptors (Lipinski definition) is 4. The van der Waals surface area contributed by atoms with Gasteiger partial charge in [0.1, 0.15) is 5.82 Å². The Morgan fingerprint density at radius 2 is 1.93 bits per heavy atom. The van der Waals surface area contributed by atoms with Crippen molar-refractivity contribution in [3.8, 4) is 11.4 Å². The molecule has 0 aliphatic rings. The molecule has 2 aromatic carbocycles. The van der Waals surface area contributed by atoms with E-state index >= 15 is 0 Å². The van der Waals surface area contributed by atoms with Crippen molar-refractivity contribution in [3.05, 3.63) is 71.8 Å². The molecule has 4 rings (SSSR count). The van der Waals surface area contributed by atoms with Crippen LogP contribution in [-0.2, 0) is 13.6 Å². The summed E-state index contributed by atoms with van der Waals surface area (Å²) in [5.74, 6) is 0.342. The van der Waals surface area contributed by atoms with Crippen LogP contribution >= 0.6 is 0 Å². The fourth-order valence-electron chi connectivity index (χ4n) is 3.20. The fourth-order valence-corrected chi connectivity index (χ4v) is 3.20. The number of primary amides is 1. The molecule has 29 heavy (non-hydrogen) atoms. The van der Waals surface area contributed by atoms with E-state index in [9.17, 15) is 9.18 Å². The maximum absolute atomic E-state index is 13.6. The summed E-state index contributed by atoms with van der Waals surface area (Å²) in [6.45, 7) is 2.02. The van der Waals surface area contributed by atoms with E-state index in [0.29, 0.717) is 33.9 Å². The first-order chi connectivity index (χ1) is 13.9. The molecular weight excluding hydrogens is 371 g/mol. The Bertz CT molecular complexity index is 1200. The van der Waals surface area contributed by atoms with Gasteiger partial charge >= 0.3 is 6.03 Å². The van der Waals surface area contributed by atoms with Crippen molar-refractivity contribution in [3.63, 3.8) is 0 Å². The molecule has 0 atom stereocenters. The first kappa shape index (κ1) is 18.5. The molecule has 2 heterocycles. The number of amides is 2. The Labute approximate surface area is 166 Å². The second kappa shape index (κ2) is 7.31. The smallest absolute Gasteiger partial charge is 0.320 e. The number of aryl methyl sites for hydroxylation is 2. The van der Waals surface area contributed by atoms with Crippen molar-refractivity contribution in [2.75, 3.05) is 4.90 Å². The van der Waals surface area contributed by atoms with Crippen molar-refractivity contribution in [2.45, 2.75) is 13.5 Å². The summed E-state index contributed by atoms with van der Waals surface area (Å²) in [6, 6.07) is 13.2. The minimum absolute atomic E-state index is 0.237. The van der Waals surface area contributed by atoms with E-state index in [2.05, 4.69) is 15.0 Å². The van der Waals surface area contributed by atoms with Gasteiger partial charge in [-0.25, -0.2) is 24.1 Å². The van der Waals surface area contributed by atoms with Gasteiger partial charge in [-0.1, -0.05) is 30.3 Å². The molecule has 2 amide bonds. The molecule has 0 bridgehead atoms. The molecule has 0 spiro atoms. The SMILES string of the molecule is Cc1cc(F)ccc1-c1nc(N(Cc2ccccc2)C(N)=O)c2ncn(C)c2n1. The lowest BCUT2D eigenvalue weighted by molar-refractivity contribution is 0.253. The molecule has 0 aliphatic heterocycles. The van der Waals surface area contributed by atoms with E-state index in [1.54, 1.807) is 30.9 Å². The quantitative estimate of drug-likeness (QED) is 0.577. The van der Waals surface area contributed by atoms with E-state index in [4.69, 9.17) is 5.73 Å². The zero-order valence-corrected chi connectivity index (χ0v) is 16.0. The number of aromatic nitrogens is 4. The number of benzene rings is 2. The van der Waals surface area contributed by atoms with Gasteiger partial charge in [-0.3, -0.25) is 4.90 Å². The van der Waals surface area contributed by atoms with E-state index in [1.807, 2.05) is 30.3 Å². The largest absolute Gasteiger partial charge is 0.351 e. The first-order valence-corrected chi connectivity index (χ1v) is 9.00. The molecule has 0 unspecified atom stereocenters. The van der Waals surface area contributed by atoms with Crippen molar-refractivity contribution in [1.82, 2.24) is 19.5 Å². The molecule has 0 aliphatic carbocycles. The van der Waals surface area contributed by atoms with Crippen LogP contribution in [0.5, 0.6) is 0 Å². The molecule has 146 valence electrons. The highest BCUT2D eigenvalue weighted by Gasteiger charge is 2.22. The normalized spacial score (nSPS) is 11.0. The van der Waals surface area contributed by atoms with E-state index in [-0.39, 0.29) is 12.4 Å². The second-order valence-electron chi connectivity index (χ2n) is 6.77. The maximum atomic E-state index is 13.6. The number of anilines is 1. The summed E-state index contributed by atoms with van der Waals surface area (Å²) in [6.07, 6.45) is 1.60. The van der Waals surface area contributed by atoms with Gasteiger partial charge in [-0.15, -0.1) is 0 Å². The molecule has 0 fully saturated rings. The number of hydrogen-bond donors (Lipinski definition) is 1. The number of halogens is 1. The van der Waals surface area contributed by atoms with Crippen LogP contribution in [0.15, 0.2) is 54.9 Å². The molecule has 7 nitrogen and oxygen atoms in total. The van der Waals surface area contributed by atoms with Crippen molar-refractivity contribution < 1.29 is 9.18 Å². The van der Waals surface area contributed by atoms with Crippen LogP contribution in [0.2, 0.25) is 0 Å². The highest BCUT2D eigenvalue weighted by atomic mass is 19.1. The molecular formula is C21H19FN6O. The summed E-state index contributed by atoms with van der Waals surface area (Å²) < 4.78 is 15.3. The minimum Gasteiger partial charge on any atom is -0.351 e. The fraction of sp³-hybridized carbons (Fsp3) is 0.143. The lowest BCUT2D eigenvalue weighted by Crippen LogP contribution is -2.36. The highest BCUT2D eigenvalue weighted by molar-refractivity contribution is 5.98. The number of nitrogens with two attached hydrogens (primary N) is 1. The van der Waals surface area contributed by atoms with Crippen LogP contribution in [0.1, 0.15) is 11.1 Å². The predicted octanol–water partition coefficient (Wildman–Crippen LogP) is 3.56. The van der Waals surface area contributed by atoms with Crippen LogP contribution in [0.25, 0.3) is 22.6 Å². The first-order valence-electron chi connectivity index (χ1n) is 9.00. The number of urea groups is 1. The third kappa shape index (κ3) is 3.52. The number of carbonyl (C=O) groups is 1. The molecule has 2 N–H and O–H groups in total. The maximum Gasteiger partial charge on any atom is 0.320 e. The summed E-state index contributed by atoms with van der Waals surface area (Å²) in [5, 5.41) is 0. The zero-order chi connectivity index (χ0) is 20.5. The molecule has 0 saturated carbocycles. The van der Waals surface area contributed by atoms with Gasteiger partial charge in [0.2, 0.25) is 0 Å². The Hall–Kier alpha value is -3.81. The molecule has 0 radical (unpaired) electrons. The Morgan fingerprint density at radius 1 is 1.17 bits per heavy atom. The van der Waals surface area contributed by atoms with Crippen LogP contribution in [-0.4, -0.2) is 25.6 Å². The summed E-state index contributed by atoms with van der Waals surface area (Å²) in [5.41, 5.74) is 8.96. The molecule has 4 aromatic rings. The number of nitrogens with zero attached hydrogens (tertiary/aromatic N) is 5. The lowest BCUT2D eigenvalue weighted by atomic mass is 10.1. The second-order valence-corrected chi connectivity index (χ2v) is 6.77. The Morgan fingerprint density at radius 3 is 2.62 bits per heavy atom. The molecule has 8 heteroatoms. The number of imidazole rings is 1. The highest BCUT2D eigenvalue weighted by Crippen LogP contribution is 2.29. The number of rotatable bonds is 4. The molecule has 2 aromatic heterocycles. The third-order valence-corrected chi connectivity index (χ3v) is 4.68. The predicted molar refractivity (Wildman–Crippen MR) is 109 cm³/mol. The summed E-state index contributed by atoms with van der Waals surface area (Å²) in [7, 11) is 1.80. The van der Waals surface area contributed by atoms with Crippen molar-refractivity contribution in [1.29, 1.82) is 0 Å². The number of carbonyl (C=O) groups excluding carboxylic acids is 1. The zero-order valence-electron chi connectivity index (χ0n) is 16.0. The van der Waals surface area contributed by atoms with Gasteiger partial charge in [0.05, 0.1) is 12.9 Å².